The maximum absolute atomic E-state index is 12.7. The lowest BCUT2D eigenvalue weighted by atomic mass is 10.0. The molecule has 0 spiro atoms. The van der Waals surface area contributed by atoms with Crippen molar-refractivity contribution in [1.29, 1.82) is 0 Å². The Morgan fingerprint density at radius 1 is 1.08 bits per heavy atom. The first-order valence-electron chi connectivity index (χ1n) is 9.34. The van der Waals surface area contributed by atoms with Gasteiger partial charge in [-0.2, -0.15) is 0 Å². The maximum atomic E-state index is 12.7. The van der Waals surface area contributed by atoms with E-state index in [2.05, 4.69) is 4.98 Å². The van der Waals surface area contributed by atoms with E-state index in [9.17, 15) is 13.2 Å². The van der Waals surface area contributed by atoms with Crippen molar-refractivity contribution in [3.8, 4) is 0 Å². The second-order valence-electron chi connectivity index (χ2n) is 7.54. The molecule has 2 aliphatic rings. The number of rotatable bonds is 3. The minimum atomic E-state index is -3.12. The summed E-state index contributed by atoms with van der Waals surface area (Å²) in [5.74, 6) is -0.0924. The molecule has 1 aromatic carbocycles. The van der Waals surface area contributed by atoms with E-state index >= 15 is 0 Å². The summed E-state index contributed by atoms with van der Waals surface area (Å²) in [6.07, 6.45) is 6.47. The number of sulfone groups is 1. The Kier molecular flexibility index (Phi) is 4.47. The standard InChI is InChI=1S/C20H24N2O3S/c1-14-9-10-21-19-8-7-15(11-18(14)19)20(23)22-12-17(13-22)26(24,25)16-5-3-2-4-6-16/h7-11,16-17H,2-6,12-13H2,1H3. The molecule has 1 saturated heterocycles. The third-order valence-electron chi connectivity index (χ3n) is 5.82. The topological polar surface area (TPSA) is 67.3 Å². The van der Waals surface area contributed by atoms with E-state index in [4.69, 9.17) is 0 Å². The third kappa shape index (κ3) is 3.00. The van der Waals surface area contributed by atoms with Crippen LogP contribution in [0.15, 0.2) is 30.5 Å². The van der Waals surface area contributed by atoms with Crippen LogP contribution in [-0.2, 0) is 9.84 Å². The van der Waals surface area contributed by atoms with Crippen LogP contribution in [-0.4, -0.2) is 47.8 Å². The first kappa shape index (κ1) is 17.5. The molecule has 26 heavy (non-hydrogen) atoms. The molecule has 2 fully saturated rings. The van der Waals surface area contributed by atoms with Gasteiger partial charge in [-0.25, -0.2) is 8.42 Å². The maximum Gasteiger partial charge on any atom is 0.253 e. The summed E-state index contributed by atoms with van der Waals surface area (Å²) in [7, 11) is -3.12. The van der Waals surface area contributed by atoms with Gasteiger partial charge in [0.1, 0.15) is 0 Å². The molecule has 138 valence electrons. The van der Waals surface area contributed by atoms with Crippen molar-refractivity contribution in [1.82, 2.24) is 9.88 Å². The van der Waals surface area contributed by atoms with Crippen molar-refractivity contribution in [2.24, 2.45) is 0 Å². The van der Waals surface area contributed by atoms with Crippen LogP contribution in [0.2, 0.25) is 0 Å². The van der Waals surface area contributed by atoms with Gasteiger partial charge in [0.2, 0.25) is 0 Å². The molecule has 1 aliphatic heterocycles. The molecule has 5 nitrogen and oxygen atoms in total. The molecular formula is C20H24N2O3S. The smallest absolute Gasteiger partial charge is 0.253 e. The van der Waals surface area contributed by atoms with Gasteiger partial charge in [0, 0.05) is 30.2 Å². The number of hydrogen-bond donors (Lipinski definition) is 0. The number of likely N-dealkylation sites (tertiary alicyclic amines) is 1. The highest BCUT2D eigenvalue weighted by molar-refractivity contribution is 7.92. The third-order valence-corrected chi connectivity index (χ3v) is 8.45. The molecule has 6 heteroatoms. The SMILES string of the molecule is Cc1ccnc2ccc(C(=O)N3CC(S(=O)(=O)C4CCCCC4)C3)cc12. The van der Waals surface area contributed by atoms with Crippen LogP contribution in [0.3, 0.4) is 0 Å². The van der Waals surface area contributed by atoms with Crippen molar-refractivity contribution in [2.75, 3.05) is 13.1 Å². The Hall–Kier alpha value is -1.95. The van der Waals surface area contributed by atoms with Crippen LogP contribution >= 0.6 is 0 Å². The summed E-state index contributed by atoms with van der Waals surface area (Å²) in [6, 6.07) is 7.42. The van der Waals surface area contributed by atoms with Gasteiger partial charge in [0.05, 0.1) is 16.0 Å². The summed E-state index contributed by atoms with van der Waals surface area (Å²) in [4.78, 5) is 18.7. The number of hydrogen-bond acceptors (Lipinski definition) is 4. The number of aromatic nitrogens is 1. The summed E-state index contributed by atoms with van der Waals surface area (Å²) >= 11 is 0. The highest BCUT2D eigenvalue weighted by atomic mass is 32.2. The molecule has 0 atom stereocenters. The van der Waals surface area contributed by atoms with Gasteiger partial charge < -0.3 is 4.90 Å². The highest BCUT2D eigenvalue weighted by Gasteiger charge is 2.43. The van der Waals surface area contributed by atoms with Crippen molar-refractivity contribution in [3.63, 3.8) is 0 Å². The Bertz CT molecular complexity index is 943. The number of fused-ring (bicyclic) bond motifs is 1. The number of carbonyl (C=O) groups excluding carboxylic acids is 1. The minimum absolute atomic E-state index is 0.0924. The molecule has 1 aromatic heterocycles. The van der Waals surface area contributed by atoms with Crippen LogP contribution in [0.1, 0.15) is 48.0 Å². The lowest BCUT2D eigenvalue weighted by Crippen LogP contribution is -2.58. The molecule has 0 unspecified atom stereocenters. The molecular weight excluding hydrogens is 348 g/mol. The first-order valence-corrected chi connectivity index (χ1v) is 10.9. The molecule has 0 N–H and O–H groups in total. The quantitative estimate of drug-likeness (QED) is 0.830. The molecule has 1 amide bonds. The van der Waals surface area contributed by atoms with Gasteiger partial charge in [0.25, 0.3) is 5.91 Å². The predicted molar refractivity (Wildman–Crippen MR) is 102 cm³/mol. The van der Waals surface area contributed by atoms with Gasteiger partial charge in [-0.05, 0) is 49.6 Å². The molecule has 0 bridgehead atoms. The molecule has 2 aromatic rings. The normalized spacial score (nSPS) is 19.5. The Balaban J connectivity index is 1.47. The van der Waals surface area contributed by atoms with E-state index in [1.165, 1.54) is 0 Å². The monoisotopic (exact) mass is 372 g/mol. The number of benzene rings is 1. The zero-order valence-electron chi connectivity index (χ0n) is 15.0. The number of amides is 1. The average Bonchev–Trinajstić information content (AvgIpc) is 2.61. The molecule has 2 heterocycles. The van der Waals surface area contributed by atoms with E-state index in [-0.39, 0.29) is 11.2 Å². The van der Waals surface area contributed by atoms with Crippen LogP contribution in [0.4, 0.5) is 0 Å². The fourth-order valence-electron chi connectivity index (χ4n) is 4.08. The van der Waals surface area contributed by atoms with E-state index < -0.39 is 15.1 Å². The number of pyridine rings is 1. The molecule has 1 aliphatic carbocycles. The predicted octanol–water partition coefficient (Wildman–Crippen LogP) is 3.12. The summed E-state index contributed by atoms with van der Waals surface area (Å²) in [5, 5.41) is 0.372. The van der Waals surface area contributed by atoms with Crippen molar-refractivity contribution < 1.29 is 13.2 Å². The van der Waals surface area contributed by atoms with E-state index in [1.807, 2.05) is 25.1 Å². The lowest BCUT2D eigenvalue weighted by molar-refractivity contribution is 0.0658. The summed E-state index contributed by atoms with van der Waals surface area (Å²) in [6.45, 7) is 2.64. The van der Waals surface area contributed by atoms with Crippen molar-refractivity contribution in [3.05, 3.63) is 41.6 Å². The zero-order chi connectivity index (χ0) is 18.3. The summed E-state index contributed by atoms with van der Waals surface area (Å²) < 4.78 is 25.5. The second kappa shape index (κ2) is 6.65. The average molecular weight is 372 g/mol. The van der Waals surface area contributed by atoms with Gasteiger partial charge in [-0.1, -0.05) is 19.3 Å². The largest absolute Gasteiger partial charge is 0.336 e. The van der Waals surface area contributed by atoms with Crippen LogP contribution < -0.4 is 0 Å². The molecule has 0 radical (unpaired) electrons. The Morgan fingerprint density at radius 2 is 1.81 bits per heavy atom. The zero-order valence-corrected chi connectivity index (χ0v) is 15.8. The molecule has 4 rings (SSSR count). The van der Waals surface area contributed by atoms with Crippen molar-refractivity contribution in [2.45, 2.75) is 49.5 Å². The van der Waals surface area contributed by atoms with Crippen LogP contribution in [0, 0.1) is 6.92 Å². The van der Waals surface area contributed by atoms with Gasteiger partial charge >= 0.3 is 0 Å². The number of aryl methyl sites for hydroxylation is 1. The van der Waals surface area contributed by atoms with Crippen LogP contribution in [0.5, 0.6) is 0 Å². The van der Waals surface area contributed by atoms with Crippen LogP contribution in [0.25, 0.3) is 10.9 Å². The van der Waals surface area contributed by atoms with E-state index in [0.717, 1.165) is 48.6 Å². The van der Waals surface area contributed by atoms with Gasteiger partial charge in [0.15, 0.2) is 9.84 Å². The number of nitrogens with zero attached hydrogens (tertiary/aromatic N) is 2. The second-order valence-corrected chi connectivity index (χ2v) is 10.1. The fraction of sp³-hybridized carbons (Fsp3) is 0.500. The van der Waals surface area contributed by atoms with Gasteiger partial charge in [-0.3, -0.25) is 9.78 Å². The summed E-state index contributed by atoms with van der Waals surface area (Å²) in [5.41, 5.74) is 2.54. The van der Waals surface area contributed by atoms with Gasteiger partial charge in [-0.15, -0.1) is 0 Å². The first-order chi connectivity index (χ1) is 12.5. The minimum Gasteiger partial charge on any atom is -0.336 e. The molecule has 1 saturated carbocycles. The van der Waals surface area contributed by atoms with E-state index in [0.29, 0.717) is 18.7 Å². The fourth-order valence-corrected chi connectivity index (χ4v) is 6.39. The Morgan fingerprint density at radius 3 is 2.54 bits per heavy atom. The van der Waals surface area contributed by atoms with E-state index in [1.54, 1.807) is 17.2 Å². The highest BCUT2D eigenvalue weighted by Crippen LogP contribution is 2.30. The number of carbonyl (C=O) groups is 1. The Labute approximate surface area is 154 Å². The lowest BCUT2D eigenvalue weighted by Gasteiger charge is -2.41. The van der Waals surface area contributed by atoms with Crippen molar-refractivity contribution >= 4 is 26.6 Å².